The molecule has 0 aliphatic carbocycles. The van der Waals surface area contributed by atoms with E-state index in [1.807, 2.05) is 12.1 Å². The molecule has 1 fully saturated rings. The Kier molecular flexibility index (Phi) is 14.8. The molecule has 1 aliphatic heterocycles. The van der Waals surface area contributed by atoms with Crippen LogP contribution in [-0.2, 0) is 14.3 Å². The van der Waals surface area contributed by atoms with E-state index in [0.717, 1.165) is 25.9 Å². The fourth-order valence-corrected chi connectivity index (χ4v) is 2.95. The first-order chi connectivity index (χ1) is 12.7. The molecule has 1 aromatic carbocycles. The molecule has 1 heterocycles. The van der Waals surface area contributed by atoms with Crippen LogP contribution in [0.3, 0.4) is 0 Å². The Bertz CT molecular complexity index is 582. The van der Waals surface area contributed by atoms with Gasteiger partial charge >= 0.3 is 0 Å². The number of hydrogen-bond acceptors (Lipinski definition) is 5. The number of anilines is 2. The molecule has 2 amide bonds. The number of carbonyl (C=O) groups is 2. The third kappa shape index (κ3) is 10.8. The van der Waals surface area contributed by atoms with Crippen LogP contribution in [0.4, 0.5) is 11.4 Å². The van der Waals surface area contributed by atoms with Crippen LogP contribution in [0.5, 0.6) is 0 Å². The number of likely N-dealkylation sites (tertiary alicyclic amines) is 1. The van der Waals surface area contributed by atoms with Gasteiger partial charge in [-0.1, -0.05) is 18.9 Å². The number of nitrogens with zero attached hydrogens (tertiary/aromatic N) is 1. The molecule has 3 N–H and O–H groups in total. The van der Waals surface area contributed by atoms with Gasteiger partial charge in [0.25, 0.3) is 0 Å². The standard InChI is InChI=1S/C19H30N4O3.2ClH/c1-26-12-9-20-14-18(24)21-16-7-6-8-17(13-16)22-19(25)15-23-10-4-2-3-5-11-23;;/h6-8,13,20H,2-5,9-12,14-15H2,1H3,(H,21,24)(H,22,25);2*1H. The molecule has 0 unspecified atom stereocenters. The second-order valence-corrected chi connectivity index (χ2v) is 6.54. The van der Waals surface area contributed by atoms with Crippen molar-refractivity contribution in [2.24, 2.45) is 0 Å². The van der Waals surface area contributed by atoms with Gasteiger partial charge in [-0.05, 0) is 44.1 Å². The van der Waals surface area contributed by atoms with Gasteiger partial charge in [0, 0.05) is 25.0 Å². The van der Waals surface area contributed by atoms with Crippen LogP contribution in [0.25, 0.3) is 0 Å². The van der Waals surface area contributed by atoms with Crippen LogP contribution < -0.4 is 16.0 Å². The maximum Gasteiger partial charge on any atom is 0.238 e. The lowest BCUT2D eigenvalue weighted by Gasteiger charge is -2.19. The van der Waals surface area contributed by atoms with Gasteiger partial charge in [-0.15, -0.1) is 24.8 Å². The molecule has 9 heteroatoms. The molecule has 1 aliphatic rings. The molecule has 160 valence electrons. The normalized spacial score (nSPS) is 14.2. The minimum absolute atomic E-state index is 0. The Balaban J connectivity index is 0.00000364. The Morgan fingerprint density at radius 1 is 1.00 bits per heavy atom. The molecule has 2 rings (SSSR count). The van der Waals surface area contributed by atoms with Gasteiger partial charge in [0.05, 0.1) is 19.7 Å². The van der Waals surface area contributed by atoms with E-state index in [1.165, 1.54) is 12.8 Å². The van der Waals surface area contributed by atoms with Crippen molar-refractivity contribution in [2.75, 3.05) is 57.1 Å². The molecule has 0 atom stereocenters. The van der Waals surface area contributed by atoms with E-state index in [4.69, 9.17) is 4.74 Å². The average molecular weight is 435 g/mol. The molecule has 0 radical (unpaired) electrons. The van der Waals surface area contributed by atoms with Crippen molar-refractivity contribution in [3.8, 4) is 0 Å². The zero-order chi connectivity index (χ0) is 18.6. The van der Waals surface area contributed by atoms with Crippen LogP contribution in [0, 0.1) is 0 Å². The van der Waals surface area contributed by atoms with Crippen molar-refractivity contribution in [3.63, 3.8) is 0 Å². The smallest absolute Gasteiger partial charge is 0.238 e. The van der Waals surface area contributed by atoms with Gasteiger partial charge in [-0.2, -0.15) is 0 Å². The highest BCUT2D eigenvalue weighted by Crippen LogP contribution is 2.15. The summed E-state index contributed by atoms with van der Waals surface area (Å²) < 4.78 is 4.92. The van der Waals surface area contributed by atoms with E-state index in [1.54, 1.807) is 19.2 Å². The second-order valence-electron chi connectivity index (χ2n) is 6.54. The first-order valence-electron chi connectivity index (χ1n) is 9.29. The van der Waals surface area contributed by atoms with Crippen LogP contribution in [0.2, 0.25) is 0 Å². The van der Waals surface area contributed by atoms with E-state index >= 15 is 0 Å². The summed E-state index contributed by atoms with van der Waals surface area (Å²) >= 11 is 0. The minimum atomic E-state index is -0.130. The lowest BCUT2D eigenvalue weighted by molar-refractivity contribution is -0.117. The second kappa shape index (κ2) is 15.5. The maximum atomic E-state index is 12.3. The van der Waals surface area contributed by atoms with Crippen molar-refractivity contribution in [3.05, 3.63) is 24.3 Å². The molecule has 0 spiro atoms. The first kappa shape index (κ1) is 26.6. The van der Waals surface area contributed by atoms with Gasteiger partial charge < -0.3 is 20.7 Å². The summed E-state index contributed by atoms with van der Waals surface area (Å²) in [7, 11) is 1.62. The lowest BCUT2D eigenvalue weighted by Crippen LogP contribution is -2.34. The van der Waals surface area contributed by atoms with Crippen molar-refractivity contribution in [1.82, 2.24) is 10.2 Å². The fourth-order valence-electron chi connectivity index (χ4n) is 2.95. The van der Waals surface area contributed by atoms with E-state index in [2.05, 4.69) is 20.9 Å². The van der Waals surface area contributed by atoms with E-state index in [-0.39, 0.29) is 43.2 Å². The predicted molar refractivity (Wildman–Crippen MR) is 118 cm³/mol. The molecular formula is C19H32Cl2N4O3. The Labute approximate surface area is 179 Å². The highest BCUT2D eigenvalue weighted by atomic mass is 35.5. The van der Waals surface area contributed by atoms with Crippen LogP contribution in [-0.4, -0.2) is 63.2 Å². The molecule has 0 bridgehead atoms. The summed E-state index contributed by atoms with van der Waals surface area (Å²) in [5.41, 5.74) is 1.35. The quantitative estimate of drug-likeness (QED) is 0.520. The number of hydrogen-bond donors (Lipinski definition) is 3. The van der Waals surface area contributed by atoms with Crippen molar-refractivity contribution < 1.29 is 14.3 Å². The average Bonchev–Trinajstić information content (AvgIpc) is 2.87. The molecule has 1 aromatic rings. The van der Waals surface area contributed by atoms with Crippen LogP contribution in [0.1, 0.15) is 25.7 Å². The number of benzene rings is 1. The summed E-state index contributed by atoms with van der Waals surface area (Å²) in [6.07, 6.45) is 4.82. The highest BCUT2D eigenvalue weighted by molar-refractivity contribution is 5.95. The van der Waals surface area contributed by atoms with Crippen molar-refractivity contribution >= 4 is 48.0 Å². The summed E-state index contributed by atoms with van der Waals surface area (Å²) in [6, 6.07) is 7.22. The van der Waals surface area contributed by atoms with Crippen LogP contribution >= 0.6 is 24.8 Å². The Hall–Kier alpha value is -1.38. The van der Waals surface area contributed by atoms with Crippen molar-refractivity contribution in [1.29, 1.82) is 0 Å². The summed E-state index contributed by atoms with van der Waals surface area (Å²) in [5.74, 6) is -0.147. The highest BCUT2D eigenvalue weighted by Gasteiger charge is 2.13. The van der Waals surface area contributed by atoms with Crippen molar-refractivity contribution in [2.45, 2.75) is 25.7 Å². The molecule has 0 saturated carbocycles. The molecule has 7 nitrogen and oxygen atoms in total. The summed E-state index contributed by atoms with van der Waals surface area (Å²) in [4.78, 5) is 26.4. The lowest BCUT2D eigenvalue weighted by atomic mass is 10.2. The minimum Gasteiger partial charge on any atom is -0.383 e. The number of carbonyl (C=O) groups excluding carboxylic acids is 2. The zero-order valence-corrected chi connectivity index (χ0v) is 18.0. The molecule has 1 saturated heterocycles. The first-order valence-corrected chi connectivity index (χ1v) is 9.29. The Morgan fingerprint density at radius 3 is 2.21 bits per heavy atom. The number of ether oxygens (including phenoxy) is 1. The number of nitrogens with one attached hydrogen (secondary N) is 3. The molecule has 0 aromatic heterocycles. The van der Waals surface area contributed by atoms with Gasteiger partial charge in [0.2, 0.25) is 11.8 Å². The predicted octanol–water partition coefficient (Wildman–Crippen LogP) is 2.52. The third-order valence-corrected chi connectivity index (χ3v) is 4.26. The van der Waals surface area contributed by atoms with Gasteiger partial charge in [-0.3, -0.25) is 14.5 Å². The van der Waals surface area contributed by atoms with E-state index in [9.17, 15) is 9.59 Å². The molecular weight excluding hydrogens is 403 g/mol. The Morgan fingerprint density at radius 2 is 1.61 bits per heavy atom. The monoisotopic (exact) mass is 434 g/mol. The third-order valence-electron chi connectivity index (χ3n) is 4.26. The maximum absolute atomic E-state index is 12.3. The number of rotatable bonds is 9. The number of amides is 2. The van der Waals surface area contributed by atoms with Gasteiger partial charge in [0.15, 0.2) is 0 Å². The SMILES string of the molecule is COCCNCC(=O)Nc1cccc(NC(=O)CN2CCCCCC2)c1.Cl.Cl. The number of halogens is 2. The van der Waals surface area contributed by atoms with E-state index < -0.39 is 0 Å². The van der Waals surface area contributed by atoms with E-state index in [0.29, 0.717) is 31.1 Å². The fraction of sp³-hybridized carbons (Fsp3) is 0.579. The largest absolute Gasteiger partial charge is 0.383 e. The number of methoxy groups -OCH3 is 1. The topological polar surface area (TPSA) is 82.7 Å². The van der Waals surface area contributed by atoms with Gasteiger partial charge in [-0.25, -0.2) is 0 Å². The summed E-state index contributed by atoms with van der Waals surface area (Å²) in [5, 5.41) is 8.73. The summed E-state index contributed by atoms with van der Waals surface area (Å²) in [6.45, 7) is 3.79. The van der Waals surface area contributed by atoms with Gasteiger partial charge in [0.1, 0.15) is 0 Å². The zero-order valence-electron chi connectivity index (χ0n) is 16.4. The molecule has 28 heavy (non-hydrogen) atoms. The van der Waals surface area contributed by atoms with Crippen LogP contribution in [0.15, 0.2) is 24.3 Å².